The number of rotatable bonds is 2. The molecular formula is C14H17ClFN3O. The van der Waals surface area contributed by atoms with E-state index in [2.05, 4.69) is 10.2 Å². The van der Waals surface area contributed by atoms with Crippen molar-refractivity contribution in [2.45, 2.75) is 18.9 Å². The number of nitrogens with zero attached hydrogens (tertiary/aromatic N) is 2. The minimum Gasteiger partial charge on any atom is -0.369 e. The van der Waals surface area contributed by atoms with Gasteiger partial charge in [0.15, 0.2) is 0 Å². The first-order chi connectivity index (χ1) is 9.63. The Balaban J connectivity index is 1.58. The molecule has 2 fully saturated rings. The third-order valence-electron chi connectivity index (χ3n) is 3.93. The summed E-state index contributed by atoms with van der Waals surface area (Å²) in [6.07, 6.45) is 1.97. The van der Waals surface area contributed by atoms with E-state index in [0.29, 0.717) is 6.54 Å². The van der Waals surface area contributed by atoms with Gasteiger partial charge < -0.3 is 15.1 Å². The van der Waals surface area contributed by atoms with Crippen LogP contribution in [-0.2, 0) is 0 Å². The van der Waals surface area contributed by atoms with Crippen LogP contribution in [0.25, 0.3) is 0 Å². The van der Waals surface area contributed by atoms with Crippen molar-refractivity contribution in [3.8, 4) is 0 Å². The van der Waals surface area contributed by atoms with Crippen molar-refractivity contribution in [2.24, 2.45) is 0 Å². The van der Waals surface area contributed by atoms with Crippen molar-refractivity contribution in [3.05, 3.63) is 29.0 Å². The highest BCUT2D eigenvalue weighted by atomic mass is 35.5. The molecule has 3 rings (SSSR count). The van der Waals surface area contributed by atoms with Crippen molar-refractivity contribution >= 4 is 23.3 Å². The van der Waals surface area contributed by atoms with Crippen molar-refractivity contribution in [1.82, 2.24) is 10.2 Å². The Morgan fingerprint density at radius 1 is 1.35 bits per heavy atom. The third kappa shape index (κ3) is 2.68. The van der Waals surface area contributed by atoms with Gasteiger partial charge in [0.2, 0.25) is 0 Å². The van der Waals surface area contributed by atoms with Crippen LogP contribution in [0.15, 0.2) is 18.2 Å². The second kappa shape index (κ2) is 5.48. The van der Waals surface area contributed by atoms with E-state index in [4.69, 9.17) is 11.6 Å². The molecule has 2 aliphatic heterocycles. The van der Waals surface area contributed by atoms with Crippen LogP contribution in [0, 0.1) is 5.82 Å². The zero-order valence-corrected chi connectivity index (χ0v) is 11.9. The van der Waals surface area contributed by atoms with Crippen LogP contribution in [0.1, 0.15) is 12.8 Å². The molecular weight excluding hydrogens is 281 g/mol. The molecule has 1 atom stereocenters. The molecule has 6 heteroatoms. The normalized spacial score (nSPS) is 21.8. The topological polar surface area (TPSA) is 35.6 Å². The first kappa shape index (κ1) is 13.5. The molecule has 0 saturated carbocycles. The Labute approximate surface area is 122 Å². The Hall–Kier alpha value is -1.49. The Morgan fingerprint density at radius 2 is 2.15 bits per heavy atom. The lowest BCUT2D eigenvalue weighted by molar-refractivity contribution is 0.164. The fourth-order valence-corrected chi connectivity index (χ4v) is 2.70. The largest absolute Gasteiger partial charge is 0.369 e. The van der Waals surface area contributed by atoms with Crippen LogP contribution < -0.4 is 10.2 Å². The number of carbonyl (C=O) groups is 1. The number of urea groups is 1. The first-order valence-electron chi connectivity index (χ1n) is 6.89. The van der Waals surface area contributed by atoms with Gasteiger partial charge in [0, 0.05) is 37.9 Å². The Bertz CT molecular complexity index is 521. The van der Waals surface area contributed by atoms with Gasteiger partial charge >= 0.3 is 6.03 Å². The minimum atomic E-state index is -0.405. The fraction of sp³-hybridized carbons (Fsp3) is 0.500. The predicted molar refractivity (Wildman–Crippen MR) is 76.7 cm³/mol. The van der Waals surface area contributed by atoms with Gasteiger partial charge in [-0.15, -0.1) is 0 Å². The van der Waals surface area contributed by atoms with Crippen LogP contribution in [0.5, 0.6) is 0 Å². The second-order valence-electron chi connectivity index (χ2n) is 5.32. The molecule has 1 unspecified atom stereocenters. The lowest BCUT2D eigenvalue weighted by Crippen LogP contribution is -2.51. The number of hydrogen-bond donors (Lipinski definition) is 1. The zero-order valence-electron chi connectivity index (χ0n) is 11.1. The molecule has 2 aliphatic rings. The summed E-state index contributed by atoms with van der Waals surface area (Å²) in [7, 11) is 0. The minimum absolute atomic E-state index is 0.0189. The summed E-state index contributed by atoms with van der Waals surface area (Å²) in [5, 5.41) is 3.17. The zero-order chi connectivity index (χ0) is 14.1. The van der Waals surface area contributed by atoms with Crippen molar-refractivity contribution in [1.29, 1.82) is 0 Å². The van der Waals surface area contributed by atoms with E-state index in [1.54, 1.807) is 6.07 Å². The maximum absolute atomic E-state index is 13.5. The lowest BCUT2D eigenvalue weighted by atomic mass is 10.2. The number of hydrogen-bond acceptors (Lipinski definition) is 2. The number of nitrogens with one attached hydrogen (secondary N) is 1. The second-order valence-corrected chi connectivity index (χ2v) is 5.73. The number of benzene rings is 1. The van der Waals surface area contributed by atoms with E-state index >= 15 is 0 Å². The molecule has 1 N–H and O–H groups in total. The van der Waals surface area contributed by atoms with Crippen LogP contribution in [0.2, 0.25) is 5.02 Å². The van der Waals surface area contributed by atoms with E-state index in [-0.39, 0.29) is 17.1 Å². The summed E-state index contributed by atoms with van der Waals surface area (Å²) in [5.41, 5.74) is 0.813. The quantitative estimate of drug-likeness (QED) is 0.910. The highest BCUT2D eigenvalue weighted by molar-refractivity contribution is 6.30. The smallest absolute Gasteiger partial charge is 0.317 e. The van der Waals surface area contributed by atoms with Gasteiger partial charge in [-0.1, -0.05) is 11.6 Å². The fourth-order valence-electron chi connectivity index (χ4n) is 2.58. The van der Waals surface area contributed by atoms with Gasteiger partial charge in [0.1, 0.15) is 5.82 Å². The van der Waals surface area contributed by atoms with Gasteiger partial charge in [-0.3, -0.25) is 0 Å². The van der Waals surface area contributed by atoms with E-state index in [9.17, 15) is 9.18 Å². The van der Waals surface area contributed by atoms with Crippen molar-refractivity contribution in [2.75, 3.05) is 31.1 Å². The summed E-state index contributed by atoms with van der Waals surface area (Å²) in [5.74, 6) is -0.405. The standard InChI is InChI=1S/C14H17ClFN3O/c15-12-3-2-11(8-13(12)16)19-7-4-10(9-19)17-14(20)18-5-1-6-18/h2-3,8,10H,1,4-7,9H2,(H,17,20). The highest BCUT2D eigenvalue weighted by Crippen LogP contribution is 2.25. The number of likely N-dealkylation sites (tertiary alicyclic amines) is 1. The highest BCUT2D eigenvalue weighted by Gasteiger charge is 2.27. The predicted octanol–water partition coefficient (Wildman–Crippen LogP) is 2.47. The molecule has 20 heavy (non-hydrogen) atoms. The van der Waals surface area contributed by atoms with Gasteiger partial charge in [0.25, 0.3) is 0 Å². The first-order valence-corrected chi connectivity index (χ1v) is 7.27. The average molecular weight is 298 g/mol. The van der Waals surface area contributed by atoms with Gasteiger partial charge in [0.05, 0.1) is 5.02 Å². The van der Waals surface area contributed by atoms with Crippen molar-refractivity contribution < 1.29 is 9.18 Å². The summed E-state index contributed by atoms with van der Waals surface area (Å²) >= 11 is 5.69. The Kier molecular flexibility index (Phi) is 3.70. The summed E-state index contributed by atoms with van der Waals surface area (Å²) < 4.78 is 13.5. The molecule has 1 aromatic rings. The lowest BCUT2D eigenvalue weighted by Gasteiger charge is -2.32. The maximum Gasteiger partial charge on any atom is 0.317 e. The van der Waals surface area contributed by atoms with E-state index in [1.165, 1.54) is 6.07 Å². The maximum atomic E-state index is 13.5. The summed E-state index contributed by atoms with van der Waals surface area (Å²) in [6.45, 7) is 3.22. The third-order valence-corrected chi connectivity index (χ3v) is 4.23. The molecule has 2 amide bonds. The number of carbonyl (C=O) groups excluding carboxylic acids is 1. The molecule has 0 spiro atoms. The monoisotopic (exact) mass is 297 g/mol. The van der Waals surface area contributed by atoms with Crippen LogP contribution in [-0.4, -0.2) is 43.2 Å². The summed E-state index contributed by atoms with van der Waals surface area (Å²) in [4.78, 5) is 15.7. The number of halogens is 2. The van der Waals surface area contributed by atoms with E-state index in [1.807, 2.05) is 11.0 Å². The average Bonchev–Trinajstić information content (AvgIpc) is 2.78. The van der Waals surface area contributed by atoms with Crippen LogP contribution in [0.3, 0.4) is 0 Å². The molecule has 0 radical (unpaired) electrons. The van der Waals surface area contributed by atoms with Crippen LogP contribution >= 0.6 is 11.6 Å². The molecule has 0 bridgehead atoms. The molecule has 2 saturated heterocycles. The van der Waals surface area contributed by atoms with Gasteiger partial charge in [-0.05, 0) is 31.0 Å². The molecule has 0 aliphatic carbocycles. The molecule has 0 aromatic heterocycles. The van der Waals surface area contributed by atoms with E-state index in [0.717, 1.165) is 38.2 Å². The molecule has 4 nitrogen and oxygen atoms in total. The SMILES string of the molecule is O=C(NC1CCN(c2ccc(Cl)c(F)c2)C1)N1CCC1. The molecule has 2 heterocycles. The molecule has 1 aromatic carbocycles. The van der Waals surface area contributed by atoms with E-state index < -0.39 is 5.82 Å². The molecule has 108 valence electrons. The number of amides is 2. The van der Waals surface area contributed by atoms with Crippen LogP contribution in [0.4, 0.5) is 14.9 Å². The van der Waals surface area contributed by atoms with Gasteiger partial charge in [-0.25, -0.2) is 9.18 Å². The Morgan fingerprint density at radius 3 is 2.80 bits per heavy atom. The summed E-state index contributed by atoms with van der Waals surface area (Å²) in [6, 6.07) is 4.97. The number of anilines is 1. The van der Waals surface area contributed by atoms with Crippen molar-refractivity contribution in [3.63, 3.8) is 0 Å². The van der Waals surface area contributed by atoms with Gasteiger partial charge in [-0.2, -0.15) is 0 Å².